The van der Waals surface area contributed by atoms with Crippen LogP contribution in [0.25, 0.3) is 0 Å². The van der Waals surface area contributed by atoms with Crippen LogP contribution < -0.4 is 10.6 Å². The lowest BCUT2D eigenvalue weighted by Gasteiger charge is -2.43. The van der Waals surface area contributed by atoms with Crippen LogP contribution in [0.1, 0.15) is 39.0 Å². The molecule has 0 aromatic rings. The number of halogens is 2. The highest BCUT2D eigenvalue weighted by molar-refractivity contribution is 5.74. The molecule has 146 valence electrons. The number of nitrogens with zero attached hydrogens (tertiary/aromatic N) is 1. The summed E-state index contributed by atoms with van der Waals surface area (Å²) in [6.45, 7) is 3.76. The van der Waals surface area contributed by atoms with Crippen molar-refractivity contribution in [1.82, 2.24) is 15.5 Å². The topological polar surface area (TPSA) is 73.8 Å². The predicted molar refractivity (Wildman–Crippen MR) is 90.8 cm³/mol. The quantitative estimate of drug-likeness (QED) is 0.670. The van der Waals surface area contributed by atoms with Gasteiger partial charge < -0.3 is 20.5 Å². The SMILES string of the molecule is CCC(NC(=O)NCC1(CO)COCCN1C)C1CCC(F)(F)CC1. The Labute approximate surface area is 148 Å². The van der Waals surface area contributed by atoms with Crippen molar-refractivity contribution < 1.29 is 23.4 Å². The lowest BCUT2D eigenvalue weighted by Crippen LogP contribution is -2.63. The van der Waals surface area contributed by atoms with E-state index in [1.165, 1.54) is 0 Å². The number of nitrogens with one attached hydrogen (secondary N) is 2. The number of carbonyl (C=O) groups is 1. The Morgan fingerprint density at radius 2 is 2.08 bits per heavy atom. The minimum absolute atomic E-state index is 0.0860. The van der Waals surface area contributed by atoms with E-state index in [1.807, 2.05) is 18.9 Å². The molecule has 2 amide bonds. The molecule has 8 heteroatoms. The Morgan fingerprint density at radius 3 is 2.64 bits per heavy atom. The lowest BCUT2D eigenvalue weighted by atomic mass is 9.81. The van der Waals surface area contributed by atoms with Crippen LogP contribution >= 0.6 is 0 Å². The van der Waals surface area contributed by atoms with E-state index < -0.39 is 11.5 Å². The molecule has 1 heterocycles. The summed E-state index contributed by atoms with van der Waals surface area (Å²) >= 11 is 0. The fourth-order valence-electron chi connectivity index (χ4n) is 3.70. The van der Waals surface area contributed by atoms with Crippen LogP contribution in [-0.4, -0.2) is 73.5 Å². The minimum atomic E-state index is -2.56. The second-order valence-corrected chi connectivity index (χ2v) is 7.39. The summed E-state index contributed by atoms with van der Waals surface area (Å²) in [6, 6.07) is -0.433. The molecular formula is C17H31F2N3O3. The molecule has 0 spiro atoms. The van der Waals surface area contributed by atoms with Gasteiger partial charge in [-0.2, -0.15) is 0 Å². The molecule has 1 saturated carbocycles. The number of hydrogen-bond donors (Lipinski definition) is 3. The first-order valence-corrected chi connectivity index (χ1v) is 9.14. The van der Waals surface area contributed by atoms with Gasteiger partial charge in [0.15, 0.2) is 0 Å². The smallest absolute Gasteiger partial charge is 0.315 e. The van der Waals surface area contributed by atoms with Crippen LogP contribution in [0, 0.1) is 5.92 Å². The molecule has 25 heavy (non-hydrogen) atoms. The van der Waals surface area contributed by atoms with E-state index in [1.54, 1.807) is 0 Å². The molecule has 0 bridgehead atoms. The lowest BCUT2D eigenvalue weighted by molar-refractivity contribution is -0.0770. The van der Waals surface area contributed by atoms with Crippen molar-refractivity contribution in [3.8, 4) is 0 Å². The fraction of sp³-hybridized carbons (Fsp3) is 0.941. The number of ether oxygens (including phenoxy) is 1. The van der Waals surface area contributed by atoms with Gasteiger partial charge in [0.2, 0.25) is 5.92 Å². The van der Waals surface area contributed by atoms with E-state index >= 15 is 0 Å². The second kappa shape index (κ2) is 8.60. The van der Waals surface area contributed by atoms with Gasteiger partial charge in [-0.05, 0) is 32.2 Å². The average molecular weight is 363 g/mol. The zero-order valence-electron chi connectivity index (χ0n) is 15.2. The highest BCUT2D eigenvalue weighted by Crippen LogP contribution is 2.37. The van der Waals surface area contributed by atoms with Gasteiger partial charge in [-0.1, -0.05) is 6.92 Å². The van der Waals surface area contributed by atoms with Crippen molar-refractivity contribution in [3.05, 3.63) is 0 Å². The summed E-state index contributed by atoms with van der Waals surface area (Å²) in [5.74, 6) is -2.47. The van der Waals surface area contributed by atoms with Crippen LogP contribution in [0.3, 0.4) is 0 Å². The molecule has 0 aromatic carbocycles. The number of morpholine rings is 1. The standard InChI is InChI=1S/C17H31F2N3O3/c1-3-14(13-4-6-17(18,19)7-5-13)21-15(24)20-10-16(11-23)12-25-9-8-22(16)2/h13-14,23H,3-12H2,1-2H3,(H2,20,21,24). The maximum absolute atomic E-state index is 13.3. The third-order valence-corrected chi connectivity index (χ3v) is 5.71. The van der Waals surface area contributed by atoms with Gasteiger partial charge in [-0.25, -0.2) is 13.6 Å². The van der Waals surface area contributed by atoms with E-state index in [9.17, 15) is 18.7 Å². The number of carbonyl (C=O) groups excluding carboxylic acids is 1. The third kappa shape index (κ3) is 5.24. The van der Waals surface area contributed by atoms with Crippen LogP contribution in [0.4, 0.5) is 13.6 Å². The van der Waals surface area contributed by atoms with Gasteiger partial charge in [-0.15, -0.1) is 0 Å². The largest absolute Gasteiger partial charge is 0.394 e. The van der Waals surface area contributed by atoms with Gasteiger partial charge >= 0.3 is 6.03 Å². The summed E-state index contributed by atoms with van der Waals surface area (Å²) in [5, 5.41) is 15.5. The summed E-state index contributed by atoms with van der Waals surface area (Å²) < 4.78 is 32.1. The van der Waals surface area contributed by atoms with E-state index in [2.05, 4.69) is 10.6 Å². The average Bonchev–Trinajstić information content (AvgIpc) is 2.59. The number of aliphatic hydroxyl groups excluding tert-OH is 1. The van der Waals surface area contributed by atoms with Crippen molar-refractivity contribution in [3.63, 3.8) is 0 Å². The highest BCUT2D eigenvalue weighted by Gasteiger charge is 2.39. The molecule has 2 unspecified atom stereocenters. The van der Waals surface area contributed by atoms with Crippen LogP contribution in [0.5, 0.6) is 0 Å². The fourth-order valence-corrected chi connectivity index (χ4v) is 3.70. The van der Waals surface area contributed by atoms with Crippen LogP contribution in [0.2, 0.25) is 0 Å². The highest BCUT2D eigenvalue weighted by atomic mass is 19.3. The first-order valence-electron chi connectivity index (χ1n) is 9.14. The van der Waals surface area contributed by atoms with Gasteiger partial charge in [0.1, 0.15) is 0 Å². The maximum atomic E-state index is 13.3. The number of rotatable bonds is 6. The first kappa shape index (κ1) is 20.3. The molecule has 1 saturated heterocycles. The number of hydrogen-bond acceptors (Lipinski definition) is 4. The summed E-state index contributed by atoms with van der Waals surface area (Å²) in [4.78, 5) is 14.3. The Hall–Kier alpha value is -0.990. The maximum Gasteiger partial charge on any atom is 0.315 e. The minimum Gasteiger partial charge on any atom is -0.394 e. The van der Waals surface area contributed by atoms with E-state index in [-0.39, 0.29) is 44.0 Å². The summed E-state index contributed by atoms with van der Waals surface area (Å²) in [7, 11) is 1.90. The van der Waals surface area contributed by atoms with Crippen LogP contribution in [-0.2, 0) is 4.74 Å². The zero-order chi connectivity index (χ0) is 18.5. The van der Waals surface area contributed by atoms with Gasteiger partial charge in [0, 0.05) is 32.0 Å². The molecule has 0 radical (unpaired) electrons. The monoisotopic (exact) mass is 363 g/mol. The van der Waals surface area contributed by atoms with Crippen molar-refractivity contribution in [1.29, 1.82) is 0 Å². The Kier molecular flexibility index (Phi) is 6.99. The van der Waals surface area contributed by atoms with E-state index in [4.69, 9.17) is 4.74 Å². The molecule has 2 fully saturated rings. The summed E-state index contributed by atoms with van der Waals surface area (Å²) in [6.07, 6.45) is 1.37. The molecule has 1 aliphatic carbocycles. The van der Waals surface area contributed by atoms with E-state index in [0.717, 1.165) is 0 Å². The molecule has 2 rings (SSSR count). The molecule has 6 nitrogen and oxygen atoms in total. The van der Waals surface area contributed by atoms with Crippen molar-refractivity contribution >= 4 is 6.03 Å². The molecule has 0 aromatic heterocycles. The predicted octanol–water partition coefficient (Wildman–Crippen LogP) is 1.58. The number of aliphatic hydroxyl groups is 1. The number of amides is 2. The van der Waals surface area contributed by atoms with Crippen LogP contribution in [0.15, 0.2) is 0 Å². The Bertz CT molecular complexity index is 443. The van der Waals surface area contributed by atoms with Crippen molar-refractivity contribution in [2.75, 3.05) is 40.0 Å². The number of alkyl halides is 2. The molecule has 2 aliphatic rings. The van der Waals surface area contributed by atoms with Crippen molar-refractivity contribution in [2.24, 2.45) is 5.92 Å². The first-order chi connectivity index (χ1) is 11.8. The Morgan fingerprint density at radius 1 is 1.40 bits per heavy atom. The van der Waals surface area contributed by atoms with Gasteiger partial charge in [0.05, 0.1) is 25.4 Å². The summed E-state index contributed by atoms with van der Waals surface area (Å²) in [5.41, 5.74) is -0.621. The Balaban J connectivity index is 1.83. The third-order valence-electron chi connectivity index (χ3n) is 5.71. The van der Waals surface area contributed by atoms with Gasteiger partial charge in [-0.3, -0.25) is 4.90 Å². The number of likely N-dealkylation sites (N-methyl/N-ethyl adjacent to an activating group) is 1. The van der Waals surface area contributed by atoms with E-state index in [0.29, 0.717) is 39.0 Å². The number of urea groups is 1. The molecule has 3 N–H and O–H groups in total. The van der Waals surface area contributed by atoms with Gasteiger partial charge in [0.25, 0.3) is 0 Å². The second-order valence-electron chi connectivity index (χ2n) is 7.39. The zero-order valence-corrected chi connectivity index (χ0v) is 15.2. The molecule has 2 atom stereocenters. The molecule has 1 aliphatic heterocycles. The normalized spacial score (nSPS) is 29.2. The van der Waals surface area contributed by atoms with Crippen molar-refractivity contribution in [2.45, 2.75) is 56.5 Å². The molecular weight excluding hydrogens is 332 g/mol.